The first-order valence-electron chi connectivity index (χ1n) is 8.37. The summed E-state index contributed by atoms with van der Waals surface area (Å²) in [6.45, 7) is 0.352. The Bertz CT molecular complexity index is 920. The van der Waals surface area contributed by atoms with Gasteiger partial charge >= 0.3 is 0 Å². The fraction of sp³-hybridized carbons (Fsp3) is 0.250. The monoisotopic (exact) mass is 357 g/mol. The van der Waals surface area contributed by atoms with Gasteiger partial charge in [-0.05, 0) is 49.8 Å². The van der Waals surface area contributed by atoms with Gasteiger partial charge < -0.3 is 14.8 Å². The molecule has 6 heteroatoms. The van der Waals surface area contributed by atoms with E-state index in [-0.39, 0.29) is 36.7 Å². The highest BCUT2D eigenvalue weighted by atomic mass is 19.1. The zero-order valence-corrected chi connectivity index (χ0v) is 14.7. The molecule has 26 heavy (non-hydrogen) atoms. The normalized spacial score (nSPS) is 12.5. The van der Waals surface area contributed by atoms with Crippen LogP contribution in [-0.2, 0) is 11.3 Å². The number of aromatic nitrogens is 1. The fourth-order valence-electron chi connectivity index (χ4n) is 3.03. The number of halogens is 2. The Morgan fingerprint density at radius 3 is 2.65 bits per heavy atom. The minimum absolute atomic E-state index is 0.0738. The lowest BCUT2D eigenvalue weighted by atomic mass is 10.1. The number of carbonyl (C=O) groups is 1. The van der Waals surface area contributed by atoms with Gasteiger partial charge in [-0.15, -0.1) is 0 Å². The largest absolute Gasteiger partial charge is 0.353 e. The smallest absolute Gasteiger partial charge is 0.240 e. The first kappa shape index (κ1) is 18.1. The van der Waals surface area contributed by atoms with Gasteiger partial charge in [-0.25, -0.2) is 8.78 Å². The van der Waals surface area contributed by atoms with Gasteiger partial charge in [-0.2, -0.15) is 0 Å². The van der Waals surface area contributed by atoms with E-state index in [0.29, 0.717) is 11.1 Å². The van der Waals surface area contributed by atoms with Crippen LogP contribution >= 0.6 is 0 Å². The third kappa shape index (κ3) is 3.91. The van der Waals surface area contributed by atoms with Crippen LogP contribution in [0.5, 0.6) is 0 Å². The van der Waals surface area contributed by atoms with Crippen molar-refractivity contribution in [1.82, 2.24) is 14.8 Å². The predicted octanol–water partition coefficient (Wildman–Crippen LogP) is 3.34. The third-order valence-corrected chi connectivity index (χ3v) is 4.43. The van der Waals surface area contributed by atoms with Crippen molar-refractivity contribution in [2.75, 3.05) is 20.6 Å². The maximum atomic E-state index is 14.1. The first-order chi connectivity index (χ1) is 12.5. The Balaban J connectivity index is 1.69. The second-order valence-corrected chi connectivity index (χ2v) is 6.45. The maximum absolute atomic E-state index is 14.1. The van der Waals surface area contributed by atoms with Gasteiger partial charge in [0, 0.05) is 18.3 Å². The second-order valence-electron chi connectivity index (χ2n) is 6.45. The van der Waals surface area contributed by atoms with Crippen molar-refractivity contribution < 1.29 is 13.6 Å². The molecule has 0 saturated heterocycles. The van der Waals surface area contributed by atoms with Gasteiger partial charge in [0.05, 0.1) is 11.6 Å². The molecular formula is C20H21F2N3O. The van der Waals surface area contributed by atoms with Crippen LogP contribution in [0.4, 0.5) is 8.78 Å². The summed E-state index contributed by atoms with van der Waals surface area (Å²) in [4.78, 5) is 14.2. The number of benzene rings is 2. The molecule has 0 aliphatic heterocycles. The minimum atomic E-state index is -0.343. The number of carbonyl (C=O) groups excluding carboxylic acids is 1. The summed E-state index contributed by atoms with van der Waals surface area (Å²) < 4.78 is 29.2. The molecule has 0 bridgehead atoms. The third-order valence-electron chi connectivity index (χ3n) is 4.43. The Kier molecular flexibility index (Phi) is 5.32. The summed E-state index contributed by atoms with van der Waals surface area (Å²) in [6.07, 6.45) is 1.75. The molecule has 3 rings (SSSR count). The molecule has 1 N–H and O–H groups in total. The summed E-state index contributed by atoms with van der Waals surface area (Å²) in [7, 11) is 3.68. The SMILES string of the molecule is CN(C)[C@H](CNC(=O)Cn1ccc2ccc(F)cc21)c1ccccc1F. The first-order valence-corrected chi connectivity index (χ1v) is 8.37. The van der Waals surface area contributed by atoms with Crippen molar-refractivity contribution in [2.45, 2.75) is 12.6 Å². The molecule has 0 aliphatic carbocycles. The summed E-state index contributed by atoms with van der Waals surface area (Å²) in [5, 5.41) is 3.72. The molecule has 0 radical (unpaired) electrons. The van der Waals surface area contributed by atoms with Crippen molar-refractivity contribution in [3.8, 4) is 0 Å². The average molecular weight is 357 g/mol. The van der Waals surface area contributed by atoms with Gasteiger partial charge in [0.2, 0.25) is 5.91 Å². The van der Waals surface area contributed by atoms with Crippen molar-refractivity contribution in [1.29, 1.82) is 0 Å². The lowest BCUT2D eigenvalue weighted by Crippen LogP contribution is -2.36. The minimum Gasteiger partial charge on any atom is -0.353 e. The molecule has 1 amide bonds. The van der Waals surface area contributed by atoms with E-state index in [1.165, 1.54) is 18.2 Å². The Labute approximate surface area is 151 Å². The molecule has 1 aromatic heterocycles. The van der Waals surface area contributed by atoms with E-state index in [1.807, 2.05) is 25.1 Å². The van der Waals surface area contributed by atoms with Crippen LogP contribution in [0.2, 0.25) is 0 Å². The van der Waals surface area contributed by atoms with Gasteiger partial charge in [0.25, 0.3) is 0 Å². The van der Waals surface area contributed by atoms with Gasteiger partial charge in [-0.1, -0.05) is 18.2 Å². The molecule has 4 nitrogen and oxygen atoms in total. The zero-order chi connectivity index (χ0) is 18.7. The number of hydrogen-bond acceptors (Lipinski definition) is 2. The van der Waals surface area contributed by atoms with Crippen molar-refractivity contribution >= 4 is 16.8 Å². The predicted molar refractivity (Wildman–Crippen MR) is 97.7 cm³/mol. The van der Waals surface area contributed by atoms with Crippen LogP contribution in [0.15, 0.2) is 54.7 Å². The van der Waals surface area contributed by atoms with Crippen LogP contribution < -0.4 is 5.32 Å². The van der Waals surface area contributed by atoms with Crippen LogP contribution in [0.25, 0.3) is 10.9 Å². The van der Waals surface area contributed by atoms with Crippen LogP contribution in [0.3, 0.4) is 0 Å². The standard InChI is InChI=1S/C20H21F2N3O/c1-24(2)19(16-5-3-4-6-17(16)22)12-23-20(26)13-25-10-9-14-7-8-15(21)11-18(14)25/h3-11,19H,12-13H2,1-2H3,(H,23,26)/t19-/m1/s1. The van der Waals surface area contributed by atoms with E-state index < -0.39 is 0 Å². The molecule has 1 heterocycles. The quantitative estimate of drug-likeness (QED) is 0.735. The summed E-state index contributed by atoms with van der Waals surface area (Å²) in [5.74, 6) is -0.854. The number of amides is 1. The molecule has 0 spiro atoms. The molecule has 0 unspecified atom stereocenters. The van der Waals surface area contributed by atoms with E-state index in [2.05, 4.69) is 5.32 Å². The fourth-order valence-corrected chi connectivity index (χ4v) is 3.03. The molecular weight excluding hydrogens is 336 g/mol. The number of rotatable bonds is 6. The number of nitrogens with one attached hydrogen (secondary N) is 1. The summed E-state index contributed by atoms with van der Waals surface area (Å²) in [6, 6.07) is 12.6. The van der Waals surface area contributed by atoms with Gasteiger partial charge in [0.1, 0.15) is 18.2 Å². The van der Waals surface area contributed by atoms with Crippen LogP contribution in [0.1, 0.15) is 11.6 Å². The van der Waals surface area contributed by atoms with Crippen LogP contribution in [0, 0.1) is 11.6 Å². The molecule has 0 fully saturated rings. The number of likely N-dealkylation sites (N-methyl/N-ethyl adjacent to an activating group) is 1. The van der Waals surface area contributed by atoms with E-state index in [1.54, 1.807) is 35.0 Å². The topological polar surface area (TPSA) is 37.3 Å². The number of fused-ring (bicyclic) bond motifs is 1. The highest BCUT2D eigenvalue weighted by Crippen LogP contribution is 2.21. The molecule has 0 saturated carbocycles. The summed E-state index contributed by atoms with van der Waals surface area (Å²) >= 11 is 0. The van der Waals surface area contributed by atoms with E-state index in [0.717, 1.165) is 5.39 Å². The van der Waals surface area contributed by atoms with Crippen LogP contribution in [-0.4, -0.2) is 36.0 Å². The molecule has 136 valence electrons. The highest BCUT2D eigenvalue weighted by molar-refractivity contribution is 5.83. The second kappa shape index (κ2) is 7.66. The zero-order valence-electron chi connectivity index (χ0n) is 14.7. The average Bonchev–Trinajstić information content (AvgIpc) is 2.98. The lowest BCUT2D eigenvalue weighted by molar-refractivity contribution is -0.121. The Morgan fingerprint density at radius 2 is 1.92 bits per heavy atom. The molecule has 1 atom stereocenters. The maximum Gasteiger partial charge on any atom is 0.240 e. The van der Waals surface area contributed by atoms with E-state index in [4.69, 9.17) is 0 Å². The Hall–Kier alpha value is -2.73. The van der Waals surface area contributed by atoms with Crippen molar-refractivity contribution in [2.24, 2.45) is 0 Å². The van der Waals surface area contributed by atoms with Crippen molar-refractivity contribution in [3.63, 3.8) is 0 Å². The van der Waals surface area contributed by atoms with E-state index in [9.17, 15) is 13.6 Å². The van der Waals surface area contributed by atoms with Gasteiger partial charge in [-0.3, -0.25) is 4.79 Å². The molecule has 0 aliphatic rings. The lowest BCUT2D eigenvalue weighted by Gasteiger charge is -2.25. The highest BCUT2D eigenvalue weighted by Gasteiger charge is 2.18. The van der Waals surface area contributed by atoms with Crippen molar-refractivity contribution in [3.05, 3.63) is 71.9 Å². The molecule has 2 aromatic carbocycles. The number of hydrogen-bond donors (Lipinski definition) is 1. The van der Waals surface area contributed by atoms with Gasteiger partial charge in [0.15, 0.2) is 0 Å². The number of nitrogens with zero attached hydrogens (tertiary/aromatic N) is 2. The Morgan fingerprint density at radius 1 is 1.15 bits per heavy atom. The summed E-state index contributed by atoms with van der Waals surface area (Å²) in [5.41, 5.74) is 1.20. The van der Waals surface area contributed by atoms with E-state index >= 15 is 0 Å². The molecule has 3 aromatic rings.